The highest BCUT2D eigenvalue weighted by atomic mass is 16.5. The lowest BCUT2D eigenvalue weighted by Crippen LogP contribution is -2.38. The predicted molar refractivity (Wildman–Crippen MR) is 110 cm³/mol. The summed E-state index contributed by atoms with van der Waals surface area (Å²) in [4.78, 5) is 4.38. The van der Waals surface area contributed by atoms with Gasteiger partial charge in [-0.3, -0.25) is 0 Å². The number of nitrogens with two attached hydrogens (primary N) is 1. The van der Waals surface area contributed by atoms with Crippen LogP contribution in [0.3, 0.4) is 0 Å². The first-order valence-corrected chi connectivity index (χ1v) is 8.91. The van der Waals surface area contributed by atoms with Crippen molar-refractivity contribution in [3.8, 4) is 11.5 Å². The van der Waals surface area contributed by atoms with Crippen LogP contribution in [0.25, 0.3) is 0 Å². The number of amidine groups is 1. The minimum Gasteiger partial charge on any atom is -0.508 e. The number of aliphatic imine (C=N–C) groups is 1. The van der Waals surface area contributed by atoms with Crippen molar-refractivity contribution in [2.24, 2.45) is 21.0 Å². The number of hydrazone groups is 2. The molecule has 2 aromatic carbocycles. The summed E-state index contributed by atoms with van der Waals surface area (Å²) in [5, 5.41) is 19.9. The number of phenolic OH excluding ortho intramolecular Hbond substituents is 1. The number of aromatic hydroxyl groups is 1. The van der Waals surface area contributed by atoms with Crippen LogP contribution >= 0.6 is 0 Å². The van der Waals surface area contributed by atoms with Crippen LogP contribution in [0.2, 0.25) is 0 Å². The molecule has 0 amide bonds. The molecule has 0 saturated heterocycles. The molecule has 142 valence electrons. The van der Waals surface area contributed by atoms with Crippen LogP contribution in [0, 0.1) is 0 Å². The van der Waals surface area contributed by atoms with Gasteiger partial charge in [-0.15, -0.1) is 0 Å². The Morgan fingerprint density at radius 2 is 1.86 bits per heavy atom. The molecule has 1 aliphatic heterocycles. The summed E-state index contributed by atoms with van der Waals surface area (Å²) in [5.74, 6) is 7.86. The van der Waals surface area contributed by atoms with Crippen molar-refractivity contribution in [3.05, 3.63) is 72.1 Å². The van der Waals surface area contributed by atoms with Crippen molar-refractivity contribution in [1.29, 1.82) is 0 Å². The largest absolute Gasteiger partial charge is 0.508 e. The summed E-state index contributed by atoms with van der Waals surface area (Å²) in [6, 6.07) is 14.7. The highest BCUT2D eigenvalue weighted by Crippen LogP contribution is 2.51. The van der Waals surface area contributed by atoms with Gasteiger partial charge in [-0.05, 0) is 54.8 Å². The van der Waals surface area contributed by atoms with Gasteiger partial charge in [-0.25, -0.2) is 4.99 Å². The van der Waals surface area contributed by atoms with E-state index in [0.29, 0.717) is 17.4 Å². The predicted octanol–water partition coefficient (Wildman–Crippen LogP) is 2.97. The van der Waals surface area contributed by atoms with Crippen molar-refractivity contribution >= 4 is 17.8 Å². The van der Waals surface area contributed by atoms with Gasteiger partial charge in [0.05, 0.1) is 18.7 Å². The highest BCUT2D eigenvalue weighted by molar-refractivity contribution is 6.39. The fraction of sp³-hybridized carbons (Fsp3) is 0.190. The third-order valence-electron chi connectivity index (χ3n) is 5.09. The molecule has 2 aliphatic rings. The van der Waals surface area contributed by atoms with Crippen LogP contribution in [-0.4, -0.2) is 35.0 Å². The maximum absolute atomic E-state index is 9.51. The number of rotatable bonds is 4. The molecule has 2 aromatic rings. The zero-order chi connectivity index (χ0) is 19.7. The molecule has 7 heteroatoms. The minimum absolute atomic E-state index is 0.194. The second-order valence-corrected chi connectivity index (χ2v) is 6.78. The fourth-order valence-electron chi connectivity index (χ4n) is 3.37. The molecule has 0 aromatic heterocycles. The highest BCUT2D eigenvalue weighted by Gasteiger charge is 2.52. The molecular formula is C21H21N5O2. The minimum atomic E-state index is -0.319. The SMILES string of the molecule is C=C1N=CC(c2ccc(O)cc2)=NN1/C(=N\N)C1(c2ccc(OC)cc2)CC1. The van der Waals surface area contributed by atoms with Crippen LogP contribution < -0.4 is 10.6 Å². The summed E-state index contributed by atoms with van der Waals surface area (Å²) < 4.78 is 5.26. The van der Waals surface area contributed by atoms with Gasteiger partial charge in [0.15, 0.2) is 5.84 Å². The van der Waals surface area contributed by atoms with Crippen LogP contribution in [-0.2, 0) is 5.41 Å². The number of ether oxygens (including phenoxy) is 1. The zero-order valence-electron chi connectivity index (χ0n) is 15.5. The summed E-state index contributed by atoms with van der Waals surface area (Å²) in [7, 11) is 1.64. The van der Waals surface area contributed by atoms with E-state index >= 15 is 0 Å². The monoisotopic (exact) mass is 375 g/mol. The first kappa shape index (κ1) is 17.8. The molecule has 7 nitrogen and oxygen atoms in total. The third-order valence-corrected chi connectivity index (χ3v) is 5.09. The fourth-order valence-corrected chi connectivity index (χ4v) is 3.37. The normalized spacial score (nSPS) is 18.0. The van der Waals surface area contributed by atoms with Crippen molar-refractivity contribution in [2.75, 3.05) is 7.11 Å². The lowest BCUT2D eigenvalue weighted by Gasteiger charge is -2.29. The Morgan fingerprint density at radius 3 is 2.43 bits per heavy atom. The summed E-state index contributed by atoms with van der Waals surface area (Å²) in [6.07, 6.45) is 3.46. The van der Waals surface area contributed by atoms with Gasteiger partial charge in [-0.2, -0.15) is 15.2 Å². The van der Waals surface area contributed by atoms with Gasteiger partial charge in [-0.1, -0.05) is 18.7 Å². The molecule has 3 N–H and O–H groups in total. The molecule has 1 fully saturated rings. The van der Waals surface area contributed by atoms with E-state index in [0.717, 1.165) is 29.7 Å². The van der Waals surface area contributed by atoms with E-state index in [1.54, 1.807) is 42.6 Å². The van der Waals surface area contributed by atoms with Gasteiger partial charge >= 0.3 is 0 Å². The Bertz CT molecular complexity index is 986. The molecule has 0 spiro atoms. The number of nitrogens with zero attached hydrogens (tertiary/aromatic N) is 4. The Labute approximate surface area is 163 Å². The standard InChI is InChI=1S/C21H21N5O2/c1-14-23-13-19(15-3-7-17(27)8-4-15)25-26(14)20(24-22)21(11-12-21)16-5-9-18(28-2)10-6-16/h3-10,13,27H,1,11-12,22H2,2H3/b24-20-. The Hall–Kier alpha value is -3.61. The van der Waals surface area contributed by atoms with Crippen LogP contribution in [0.15, 0.2) is 76.1 Å². The van der Waals surface area contributed by atoms with E-state index in [1.807, 2.05) is 24.3 Å². The average Bonchev–Trinajstić information content (AvgIpc) is 3.52. The molecule has 1 heterocycles. The summed E-state index contributed by atoms with van der Waals surface area (Å²) >= 11 is 0. The molecular weight excluding hydrogens is 354 g/mol. The second-order valence-electron chi connectivity index (χ2n) is 6.78. The first-order valence-electron chi connectivity index (χ1n) is 8.91. The average molecular weight is 375 g/mol. The molecule has 0 unspecified atom stereocenters. The lowest BCUT2D eigenvalue weighted by atomic mass is 9.94. The first-order chi connectivity index (χ1) is 13.6. The number of benzene rings is 2. The zero-order valence-corrected chi connectivity index (χ0v) is 15.5. The number of methoxy groups -OCH3 is 1. The Kier molecular flexibility index (Phi) is 4.35. The van der Waals surface area contributed by atoms with Crippen molar-refractivity contribution < 1.29 is 9.84 Å². The lowest BCUT2D eigenvalue weighted by molar-refractivity contribution is 0.414. The second kappa shape index (κ2) is 6.84. The van der Waals surface area contributed by atoms with Crippen LogP contribution in [0.1, 0.15) is 24.0 Å². The third kappa shape index (κ3) is 3.00. The molecule has 4 rings (SSSR count). The molecule has 28 heavy (non-hydrogen) atoms. The summed E-state index contributed by atoms with van der Waals surface area (Å²) in [6.45, 7) is 3.99. The summed E-state index contributed by atoms with van der Waals surface area (Å²) in [5.41, 5.74) is 2.24. The van der Waals surface area contributed by atoms with Crippen LogP contribution in [0.5, 0.6) is 11.5 Å². The molecule has 1 saturated carbocycles. The number of hydrogen-bond donors (Lipinski definition) is 2. The quantitative estimate of drug-likeness (QED) is 0.372. The molecule has 0 atom stereocenters. The maximum atomic E-state index is 9.51. The van der Waals surface area contributed by atoms with Crippen LogP contribution in [0.4, 0.5) is 0 Å². The maximum Gasteiger partial charge on any atom is 0.162 e. The van der Waals surface area contributed by atoms with E-state index in [9.17, 15) is 5.11 Å². The van der Waals surface area contributed by atoms with Gasteiger partial charge < -0.3 is 15.7 Å². The topological polar surface area (TPSA) is 95.8 Å². The van der Waals surface area contributed by atoms with Crippen molar-refractivity contribution in [3.63, 3.8) is 0 Å². The smallest absolute Gasteiger partial charge is 0.162 e. The Morgan fingerprint density at radius 1 is 1.18 bits per heavy atom. The van der Waals surface area contributed by atoms with E-state index in [-0.39, 0.29) is 11.2 Å². The number of hydrogen-bond acceptors (Lipinski definition) is 6. The van der Waals surface area contributed by atoms with Gasteiger partial charge in [0.1, 0.15) is 23.0 Å². The molecule has 1 aliphatic carbocycles. The number of phenols is 1. The molecule has 0 bridgehead atoms. The van der Waals surface area contributed by atoms with E-state index in [2.05, 4.69) is 21.8 Å². The van der Waals surface area contributed by atoms with E-state index in [1.165, 1.54) is 0 Å². The molecule has 0 radical (unpaired) electrons. The van der Waals surface area contributed by atoms with Crippen molar-refractivity contribution in [2.45, 2.75) is 18.3 Å². The van der Waals surface area contributed by atoms with Gasteiger partial charge in [0, 0.05) is 5.56 Å². The van der Waals surface area contributed by atoms with Gasteiger partial charge in [0.2, 0.25) is 0 Å². The van der Waals surface area contributed by atoms with Gasteiger partial charge in [0.25, 0.3) is 0 Å². The van der Waals surface area contributed by atoms with E-state index in [4.69, 9.17) is 10.6 Å². The van der Waals surface area contributed by atoms with Crippen molar-refractivity contribution in [1.82, 2.24) is 5.01 Å². The Balaban J connectivity index is 1.69. The van der Waals surface area contributed by atoms with E-state index < -0.39 is 0 Å².